The predicted molar refractivity (Wildman–Crippen MR) is 92.3 cm³/mol. The van der Waals surface area contributed by atoms with Crippen LogP contribution in [0.25, 0.3) is 0 Å². The van der Waals surface area contributed by atoms with E-state index < -0.39 is 11.9 Å². The van der Waals surface area contributed by atoms with Crippen LogP contribution in [0.4, 0.5) is 0 Å². The minimum absolute atomic E-state index is 0.0532. The second kappa shape index (κ2) is 6.86. The van der Waals surface area contributed by atoms with Crippen molar-refractivity contribution < 1.29 is 19.5 Å². The summed E-state index contributed by atoms with van der Waals surface area (Å²) in [5.41, 5.74) is 0.916. The fourth-order valence-electron chi connectivity index (χ4n) is 3.59. The lowest BCUT2D eigenvalue weighted by molar-refractivity contribution is -0.142. The Labute approximate surface area is 147 Å². The van der Waals surface area contributed by atoms with Crippen molar-refractivity contribution in [2.75, 3.05) is 26.7 Å². The molecule has 0 unspecified atom stereocenters. The van der Waals surface area contributed by atoms with Crippen LogP contribution in [0.3, 0.4) is 0 Å². The fourth-order valence-corrected chi connectivity index (χ4v) is 3.59. The van der Waals surface area contributed by atoms with E-state index in [-0.39, 0.29) is 24.3 Å². The zero-order valence-electron chi connectivity index (χ0n) is 14.6. The zero-order chi connectivity index (χ0) is 18.1. The number of rotatable bonds is 5. The summed E-state index contributed by atoms with van der Waals surface area (Å²) in [6.07, 6.45) is 2.12. The highest BCUT2D eigenvalue weighted by molar-refractivity contribution is 5.99. The van der Waals surface area contributed by atoms with Gasteiger partial charge in [0.05, 0.1) is 5.92 Å². The van der Waals surface area contributed by atoms with E-state index in [9.17, 15) is 19.5 Å². The molecule has 3 rings (SSSR count). The summed E-state index contributed by atoms with van der Waals surface area (Å²) in [6.45, 7) is 3.23. The summed E-state index contributed by atoms with van der Waals surface area (Å²) in [4.78, 5) is 39.8. The molecule has 1 N–H and O–H groups in total. The van der Waals surface area contributed by atoms with Crippen molar-refractivity contribution in [2.24, 2.45) is 17.8 Å². The Hall–Kier alpha value is -2.37. The first-order valence-electron chi connectivity index (χ1n) is 8.80. The molecule has 1 aliphatic carbocycles. The van der Waals surface area contributed by atoms with Crippen molar-refractivity contribution in [3.8, 4) is 0 Å². The van der Waals surface area contributed by atoms with Crippen LogP contribution in [0, 0.1) is 17.8 Å². The number of hydrogen-bond acceptors (Lipinski definition) is 3. The molecule has 2 atom stereocenters. The average Bonchev–Trinajstić information content (AvgIpc) is 3.37. The van der Waals surface area contributed by atoms with E-state index in [1.807, 2.05) is 6.92 Å². The van der Waals surface area contributed by atoms with Crippen molar-refractivity contribution in [1.82, 2.24) is 9.80 Å². The Bertz CT molecular complexity index is 698. The molecule has 1 aromatic carbocycles. The Morgan fingerprint density at radius 3 is 2.48 bits per heavy atom. The molecule has 1 saturated heterocycles. The van der Waals surface area contributed by atoms with Gasteiger partial charge in [0.1, 0.15) is 0 Å². The fraction of sp³-hybridized carbons (Fsp3) is 0.526. The zero-order valence-corrected chi connectivity index (χ0v) is 14.6. The van der Waals surface area contributed by atoms with Gasteiger partial charge in [-0.25, -0.2) is 0 Å². The molecule has 0 aromatic heterocycles. The number of nitrogens with zero attached hydrogens (tertiary/aromatic N) is 2. The summed E-state index contributed by atoms with van der Waals surface area (Å²) >= 11 is 0. The lowest BCUT2D eigenvalue weighted by atomic mass is 9.92. The van der Waals surface area contributed by atoms with Crippen molar-refractivity contribution >= 4 is 17.8 Å². The van der Waals surface area contributed by atoms with Crippen LogP contribution < -0.4 is 0 Å². The lowest BCUT2D eigenvalue weighted by Crippen LogP contribution is -2.30. The minimum atomic E-state index is -0.819. The van der Waals surface area contributed by atoms with Gasteiger partial charge in [-0.2, -0.15) is 0 Å². The van der Waals surface area contributed by atoms with E-state index in [2.05, 4.69) is 0 Å². The van der Waals surface area contributed by atoms with Gasteiger partial charge in [0.15, 0.2) is 0 Å². The molecule has 1 heterocycles. The maximum atomic E-state index is 12.8. The van der Waals surface area contributed by atoms with Crippen LogP contribution in [-0.2, 0) is 4.79 Å². The van der Waals surface area contributed by atoms with Gasteiger partial charge in [0, 0.05) is 37.8 Å². The monoisotopic (exact) mass is 344 g/mol. The van der Waals surface area contributed by atoms with Crippen molar-refractivity contribution in [3.63, 3.8) is 0 Å². The highest BCUT2D eigenvalue weighted by Gasteiger charge is 2.46. The van der Waals surface area contributed by atoms with Crippen molar-refractivity contribution in [2.45, 2.75) is 19.8 Å². The van der Waals surface area contributed by atoms with Crippen molar-refractivity contribution in [1.29, 1.82) is 0 Å². The van der Waals surface area contributed by atoms with Gasteiger partial charge in [0.25, 0.3) is 11.8 Å². The molecule has 6 heteroatoms. The molecule has 25 heavy (non-hydrogen) atoms. The molecule has 0 bridgehead atoms. The quantitative estimate of drug-likeness (QED) is 0.886. The third-order valence-electron chi connectivity index (χ3n) is 5.37. The minimum Gasteiger partial charge on any atom is -0.481 e. The Morgan fingerprint density at radius 1 is 1.20 bits per heavy atom. The van der Waals surface area contributed by atoms with E-state index in [1.54, 1.807) is 41.1 Å². The number of aliphatic carboxylic acids is 1. The van der Waals surface area contributed by atoms with Gasteiger partial charge in [-0.1, -0.05) is 6.07 Å². The number of carboxylic acid groups (broad SMARTS) is 1. The second-order valence-corrected chi connectivity index (χ2v) is 7.06. The van der Waals surface area contributed by atoms with Gasteiger partial charge < -0.3 is 14.9 Å². The summed E-state index contributed by atoms with van der Waals surface area (Å²) in [6, 6.07) is 6.69. The topological polar surface area (TPSA) is 77.9 Å². The number of hydrogen-bond donors (Lipinski definition) is 1. The molecular weight excluding hydrogens is 320 g/mol. The first-order chi connectivity index (χ1) is 11.9. The van der Waals surface area contributed by atoms with Crippen LogP contribution in [-0.4, -0.2) is 59.4 Å². The Morgan fingerprint density at radius 2 is 1.88 bits per heavy atom. The molecular formula is C19H24N2O4. The van der Waals surface area contributed by atoms with E-state index in [0.29, 0.717) is 30.1 Å². The third-order valence-corrected chi connectivity index (χ3v) is 5.37. The number of carbonyl (C=O) groups excluding carboxylic acids is 2. The summed E-state index contributed by atoms with van der Waals surface area (Å²) in [7, 11) is 1.72. The molecule has 0 radical (unpaired) electrons. The molecule has 0 spiro atoms. The number of carbonyl (C=O) groups is 3. The maximum Gasteiger partial charge on any atom is 0.308 e. The first kappa shape index (κ1) is 17.5. The standard InChI is InChI=1S/C19H24N2O4/c1-3-20(2)17(22)13-5-4-6-14(9-13)18(23)21-10-15(12-7-8-12)16(11-21)19(24)25/h4-6,9,12,15-16H,3,7-8,10-11H2,1-2H3,(H,24,25)/t15-,16+/m1/s1. The predicted octanol–water partition coefficient (Wildman–Crippen LogP) is 1.96. The smallest absolute Gasteiger partial charge is 0.308 e. The van der Waals surface area contributed by atoms with Gasteiger partial charge in [-0.05, 0) is 49.8 Å². The molecule has 134 valence electrons. The molecule has 6 nitrogen and oxygen atoms in total. The van der Waals surface area contributed by atoms with Crippen LogP contribution in [0.1, 0.15) is 40.5 Å². The normalized spacial score (nSPS) is 22.7. The number of amides is 2. The summed E-state index contributed by atoms with van der Waals surface area (Å²) < 4.78 is 0. The highest BCUT2D eigenvalue weighted by Crippen LogP contribution is 2.44. The van der Waals surface area contributed by atoms with E-state index in [1.165, 1.54) is 0 Å². The highest BCUT2D eigenvalue weighted by atomic mass is 16.4. The number of carboxylic acids is 1. The molecule has 1 saturated carbocycles. The number of likely N-dealkylation sites (tertiary alicyclic amines) is 1. The summed E-state index contributed by atoms with van der Waals surface area (Å²) in [5, 5.41) is 9.45. The van der Waals surface area contributed by atoms with E-state index in [0.717, 1.165) is 12.8 Å². The van der Waals surface area contributed by atoms with Crippen LogP contribution in [0.5, 0.6) is 0 Å². The largest absolute Gasteiger partial charge is 0.481 e. The maximum absolute atomic E-state index is 12.8. The number of benzene rings is 1. The molecule has 1 aromatic rings. The molecule has 2 amide bonds. The van der Waals surface area contributed by atoms with Crippen LogP contribution >= 0.6 is 0 Å². The van der Waals surface area contributed by atoms with Gasteiger partial charge in [-0.15, -0.1) is 0 Å². The Balaban J connectivity index is 1.77. The lowest BCUT2D eigenvalue weighted by Gasteiger charge is -2.18. The van der Waals surface area contributed by atoms with E-state index >= 15 is 0 Å². The Kier molecular flexibility index (Phi) is 4.79. The molecule has 1 aliphatic heterocycles. The average molecular weight is 344 g/mol. The van der Waals surface area contributed by atoms with Gasteiger partial charge >= 0.3 is 5.97 Å². The second-order valence-electron chi connectivity index (χ2n) is 7.06. The van der Waals surface area contributed by atoms with Crippen LogP contribution in [0.2, 0.25) is 0 Å². The van der Waals surface area contributed by atoms with Gasteiger partial charge in [-0.3, -0.25) is 14.4 Å². The first-order valence-corrected chi connectivity index (χ1v) is 8.80. The van der Waals surface area contributed by atoms with E-state index in [4.69, 9.17) is 0 Å². The molecule has 2 fully saturated rings. The SMILES string of the molecule is CCN(C)C(=O)c1cccc(C(=O)N2C[C@H](C(=O)O)[C@@H](C3CC3)C2)c1. The van der Waals surface area contributed by atoms with Crippen LogP contribution in [0.15, 0.2) is 24.3 Å². The molecule has 2 aliphatic rings. The van der Waals surface area contributed by atoms with Gasteiger partial charge in [0.2, 0.25) is 0 Å². The summed E-state index contributed by atoms with van der Waals surface area (Å²) in [5.74, 6) is -1.13. The third kappa shape index (κ3) is 3.52. The van der Waals surface area contributed by atoms with Crippen molar-refractivity contribution in [3.05, 3.63) is 35.4 Å².